The summed E-state index contributed by atoms with van der Waals surface area (Å²) in [6.45, 7) is 0.0928. The van der Waals surface area contributed by atoms with Gasteiger partial charge in [-0.3, -0.25) is 9.59 Å². The predicted molar refractivity (Wildman–Crippen MR) is 109 cm³/mol. The number of methoxy groups -OCH3 is 1. The first kappa shape index (κ1) is 20.2. The van der Waals surface area contributed by atoms with E-state index in [1.165, 1.54) is 0 Å². The molecule has 150 valence electrons. The lowest BCUT2D eigenvalue weighted by Gasteiger charge is -2.07. The second kappa shape index (κ2) is 9.07. The minimum Gasteiger partial charge on any atom is -0.497 e. The smallest absolute Gasteiger partial charge is 0.275 e. The predicted octanol–water partition coefficient (Wildman–Crippen LogP) is 2.09. The maximum absolute atomic E-state index is 12.3. The number of rotatable bonds is 7. The molecule has 0 unspecified atom stereocenters. The molecule has 0 spiro atoms. The molecular formula is C19H19ClN6O3. The standard InChI is InChI=1S/C19H19ClN6O3/c1-29-15-8-6-14(7-9-15)23-16(27)11-26-18(21)17(24-25-26)19(28)22-10-12-2-4-13(20)5-3-12/h2-9H,10-11,21H2,1H3,(H,22,28)(H,23,27). The van der Waals surface area contributed by atoms with Gasteiger partial charge in [-0.15, -0.1) is 5.10 Å². The lowest BCUT2D eigenvalue weighted by atomic mass is 10.2. The van der Waals surface area contributed by atoms with Crippen LogP contribution in [0.15, 0.2) is 48.5 Å². The Morgan fingerprint density at radius 2 is 1.83 bits per heavy atom. The maximum Gasteiger partial charge on any atom is 0.275 e. The van der Waals surface area contributed by atoms with Crippen LogP contribution in [0.25, 0.3) is 0 Å². The molecule has 2 aromatic carbocycles. The van der Waals surface area contributed by atoms with E-state index in [9.17, 15) is 9.59 Å². The summed E-state index contributed by atoms with van der Waals surface area (Å²) < 4.78 is 6.23. The Morgan fingerprint density at radius 3 is 2.48 bits per heavy atom. The van der Waals surface area contributed by atoms with Crippen molar-refractivity contribution in [3.05, 3.63) is 64.8 Å². The van der Waals surface area contributed by atoms with Crippen LogP contribution in [-0.2, 0) is 17.9 Å². The van der Waals surface area contributed by atoms with Crippen molar-refractivity contribution in [3.8, 4) is 5.75 Å². The van der Waals surface area contributed by atoms with Crippen molar-refractivity contribution >= 4 is 34.9 Å². The highest BCUT2D eigenvalue weighted by Gasteiger charge is 2.18. The molecule has 0 radical (unpaired) electrons. The third-order valence-corrected chi connectivity index (χ3v) is 4.27. The topological polar surface area (TPSA) is 124 Å². The number of hydrogen-bond donors (Lipinski definition) is 3. The number of aromatic nitrogens is 3. The van der Waals surface area contributed by atoms with Gasteiger partial charge in [-0.1, -0.05) is 28.9 Å². The summed E-state index contributed by atoms with van der Waals surface area (Å²) in [5.41, 5.74) is 7.35. The Labute approximate surface area is 171 Å². The van der Waals surface area contributed by atoms with Crippen LogP contribution in [0.5, 0.6) is 5.75 Å². The highest BCUT2D eigenvalue weighted by Crippen LogP contribution is 2.15. The van der Waals surface area contributed by atoms with E-state index in [0.29, 0.717) is 16.5 Å². The van der Waals surface area contributed by atoms with Crippen molar-refractivity contribution in [3.63, 3.8) is 0 Å². The molecule has 1 heterocycles. The second-order valence-corrected chi connectivity index (χ2v) is 6.50. The number of benzene rings is 2. The zero-order valence-electron chi connectivity index (χ0n) is 15.6. The number of carbonyl (C=O) groups is 2. The number of anilines is 2. The van der Waals surface area contributed by atoms with Gasteiger partial charge >= 0.3 is 0 Å². The lowest BCUT2D eigenvalue weighted by Crippen LogP contribution is -2.25. The molecule has 0 aliphatic carbocycles. The van der Waals surface area contributed by atoms with Gasteiger partial charge in [0.25, 0.3) is 5.91 Å². The Hall–Kier alpha value is -3.59. The van der Waals surface area contributed by atoms with Gasteiger partial charge in [0.05, 0.1) is 7.11 Å². The number of ether oxygens (including phenoxy) is 1. The van der Waals surface area contributed by atoms with Crippen molar-refractivity contribution in [2.45, 2.75) is 13.1 Å². The number of nitrogens with zero attached hydrogens (tertiary/aromatic N) is 3. The second-order valence-electron chi connectivity index (χ2n) is 6.07. The summed E-state index contributed by atoms with van der Waals surface area (Å²) in [6.07, 6.45) is 0. The van der Waals surface area contributed by atoms with Gasteiger partial charge in [0.2, 0.25) is 5.91 Å². The van der Waals surface area contributed by atoms with Crippen molar-refractivity contribution < 1.29 is 14.3 Å². The summed E-state index contributed by atoms with van der Waals surface area (Å²) >= 11 is 5.84. The summed E-state index contributed by atoms with van der Waals surface area (Å²) in [5, 5.41) is 13.6. The SMILES string of the molecule is COc1ccc(NC(=O)Cn2nnc(C(=O)NCc3ccc(Cl)cc3)c2N)cc1. The number of amides is 2. The van der Waals surface area contributed by atoms with Gasteiger partial charge in [0.15, 0.2) is 11.5 Å². The summed E-state index contributed by atoms with van der Waals surface area (Å²) in [7, 11) is 1.56. The van der Waals surface area contributed by atoms with Gasteiger partial charge < -0.3 is 21.1 Å². The molecule has 10 heteroatoms. The first-order valence-electron chi connectivity index (χ1n) is 8.62. The van der Waals surface area contributed by atoms with Crippen LogP contribution in [0.4, 0.5) is 11.5 Å². The van der Waals surface area contributed by atoms with E-state index in [2.05, 4.69) is 20.9 Å². The summed E-state index contributed by atoms with van der Waals surface area (Å²) in [6, 6.07) is 13.9. The monoisotopic (exact) mass is 414 g/mol. The Balaban J connectivity index is 1.58. The van der Waals surface area contributed by atoms with E-state index in [1.807, 2.05) is 0 Å². The number of nitrogen functional groups attached to an aromatic ring is 1. The fourth-order valence-electron chi connectivity index (χ4n) is 2.48. The van der Waals surface area contributed by atoms with Crippen molar-refractivity contribution in [2.75, 3.05) is 18.2 Å². The van der Waals surface area contributed by atoms with Crippen LogP contribution in [0.2, 0.25) is 5.02 Å². The summed E-state index contributed by atoms with van der Waals surface area (Å²) in [4.78, 5) is 24.5. The quantitative estimate of drug-likeness (QED) is 0.543. The molecule has 1 aromatic heterocycles. The van der Waals surface area contributed by atoms with Crippen LogP contribution in [0.3, 0.4) is 0 Å². The van der Waals surface area contributed by atoms with Crippen LogP contribution >= 0.6 is 11.6 Å². The molecule has 0 saturated heterocycles. The summed E-state index contributed by atoms with van der Waals surface area (Å²) in [5.74, 6) is -0.166. The van der Waals surface area contributed by atoms with Gasteiger partial charge in [-0.05, 0) is 42.0 Å². The van der Waals surface area contributed by atoms with Crippen LogP contribution in [-0.4, -0.2) is 33.9 Å². The molecule has 9 nitrogen and oxygen atoms in total. The van der Waals surface area contributed by atoms with Crippen molar-refractivity contribution in [2.24, 2.45) is 0 Å². The van der Waals surface area contributed by atoms with E-state index in [-0.39, 0.29) is 30.5 Å². The molecule has 3 rings (SSSR count). The highest BCUT2D eigenvalue weighted by atomic mass is 35.5. The molecule has 0 fully saturated rings. The number of nitrogens with two attached hydrogens (primary N) is 1. The Kier molecular flexibility index (Phi) is 6.30. The molecule has 0 bridgehead atoms. The molecule has 0 aliphatic heterocycles. The fourth-order valence-corrected chi connectivity index (χ4v) is 2.60. The number of hydrogen-bond acceptors (Lipinski definition) is 6. The minimum absolute atomic E-state index is 0.00323. The highest BCUT2D eigenvalue weighted by molar-refractivity contribution is 6.30. The van der Waals surface area contributed by atoms with Crippen molar-refractivity contribution in [1.82, 2.24) is 20.3 Å². The first-order valence-corrected chi connectivity index (χ1v) is 8.99. The molecule has 0 saturated carbocycles. The largest absolute Gasteiger partial charge is 0.497 e. The minimum atomic E-state index is -0.487. The van der Waals surface area contributed by atoms with E-state index in [1.54, 1.807) is 55.6 Å². The third kappa shape index (κ3) is 5.23. The van der Waals surface area contributed by atoms with Gasteiger partial charge in [-0.2, -0.15) is 0 Å². The zero-order valence-corrected chi connectivity index (χ0v) is 16.3. The number of halogens is 1. The van der Waals surface area contributed by atoms with E-state index in [4.69, 9.17) is 22.1 Å². The molecule has 3 aromatic rings. The zero-order chi connectivity index (χ0) is 20.8. The average Bonchev–Trinajstić information content (AvgIpc) is 3.08. The Morgan fingerprint density at radius 1 is 1.14 bits per heavy atom. The molecule has 0 aliphatic rings. The Bertz CT molecular complexity index is 1000. The average molecular weight is 415 g/mol. The maximum atomic E-state index is 12.3. The molecule has 2 amide bonds. The van der Waals surface area contributed by atoms with Gasteiger partial charge in [-0.25, -0.2) is 4.68 Å². The van der Waals surface area contributed by atoms with Gasteiger partial charge in [0.1, 0.15) is 12.3 Å². The lowest BCUT2D eigenvalue weighted by molar-refractivity contribution is -0.116. The number of carbonyl (C=O) groups excluding carboxylic acids is 2. The van der Waals surface area contributed by atoms with E-state index in [0.717, 1.165) is 10.2 Å². The van der Waals surface area contributed by atoms with E-state index < -0.39 is 5.91 Å². The van der Waals surface area contributed by atoms with E-state index >= 15 is 0 Å². The molecule has 4 N–H and O–H groups in total. The normalized spacial score (nSPS) is 10.4. The molecule has 0 atom stereocenters. The first-order chi connectivity index (χ1) is 14.0. The molecular weight excluding hydrogens is 396 g/mol. The third-order valence-electron chi connectivity index (χ3n) is 4.02. The van der Waals surface area contributed by atoms with Crippen LogP contribution < -0.4 is 21.1 Å². The van der Waals surface area contributed by atoms with Crippen LogP contribution in [0, 0.1) is 0 Å². The molecule has 29 heavy (non-hydrogen) atoms. The van der Waals surface area contributed by atoms with Crippen LogP contribution in [0.1, 0.15) is 16.1 Å². The van der Waals surface area contributed by atoms with Gasteiger partial charge in [0, 0.05) is 17.3 Å². The van der Waals surface area contributed by atoms with Crippen molar-refractivity contribution in [1.29, 1.82) is 0 Å². The fraction of sp³-hybridized carbons (Fsp3) is 0.158. The number of nitrogens with one attached hydrogen (secondary N) is 2.